The molecule has 0 saturated carbocycles. The van der Waals surface area contributed by atoms with E-state index in [9.17, 15) is 14.6 Å². The zero-order valence-electron chi connectivity index (χ0n) is 19.2. The Kier molecular flexibility index (Phi) is 8.02. The molecule has 8 heteroatoms. The fourth-order valence-corrected chi connectivity index (χ4v) is 5.22. The van der Waals surface area contributed by atoms with E-state index in [2.05, 4.69) is 5.32 Å². The Morgan fingerprint density at radius 3 is 1.78 bits per heavy atom. The second kappa shape index (κ2) is 11.7. The zero-order chi connectivity index (χ0) is 25.2. The van der Waals surface area contributed by atoms with Gasteiger partial charge in [0.2, 0.25) is 0 Å². The first kappa shape index (κ1) is 24.6. The Morgan fingerprint density at radius 2 is 1.28 bits per heavy atom. The lowest BCUT2D eigenvalue weighted by Gasteiger charge is -2.28. The highest BCUT2D eigenvalue weighted by Crippen LogP contribution is 2.59. The predicted octanol–water partition coefficient (Wildman–Crippen LogP) is 6.83. The van der Waals surface area contributed by atoms with E-state index < -0.39 is 19.5 Å². The normalized spacial score (nSPS) is 11.5. The molecule has 0 fully saturated rings. The van der Waals surface area contributed by atoms with Gasteiger partial charge in [0.15, 0.2) is 5.78 Å². The van der Waals surface area contributed by atoms with E-state index >= 15 is 0 Å². The number of benzene rings is 4. The van der Waals surface area contributed by atoms with Crippen LogP contribution in [-0.2, 0) is 15.9 Å². The van der Waals surface area contributed by atoms with Crippen molar-refractivity contribution in [3.05, 3.63) is 132 Å². The van der Waals surface area contributed by atoms with Gasteiger partial charge in [-0.3, -0.25) is 0 Å². The summed E-state index contributed by atoms with van der Waals surface area (Å²) in [5.41, 5.74) is 1.62. The van der Waals surface area contributed by atoms with E-state index in [-0.39, 0.29) is 6.61 Å². The van der Waals surface area contributed by atoms with Gasteiger partial charge in [-0.05, 0) is 47.5 Å². The summed E-state index contributed by atoms with van der Waals surface area (Å²) in [5, 5.41) is 11.9. The Balaban J connectivity index is 1.68. The maximum atomic E-state index is 14.4. The summed E-state index contributed by atoms with van der Waals surface area (Å²) in [5.74, 6) is -0.640. The summed E-state index contributed by atoms with van der Waals surface area (Å²) >= 11 is 0. The molecule has 0 saturated heterocycles. The molecule has 36 heavy (non-hydrogen) atoms. The topological polar surface area (TPSA) is 97.7 Å². The third kappa shape index (κ3) is 6.53. The Hall–Kier alpha value is -4.53. The molecule has 1 atom stereocenters. The van der Waals surface area contributed by atoms with Crippen molar-refractivity contribution >= 4 is 13.7 Å². The third-order valence-corrected chi connectivity index (χ3v) is 7.08. The number of nitrogens with zero attached hydrogens (tertiary/aromatic N) is 1. The number of alkyl carbamates (subject to hydrolysis) is 1. The first-order valence-electron chi connectivity index (χ1n) is 11.1. The fraction of sp³-hybridized carbons (Fsp3) is 0.0714. The highest BCUT2D eigenvalue weighted by molar-refractivity contribution is 7.55. The minimum atomic E-state index is -4.16. The monoisotopic (exact) mass is 498 g/mol. The molecule has 180 valence electrons. The number of para-hydroxylation sites is 2. The van der Waals surface area contributed by atoms with Gasteiger partial charge in [0, 0.05) is 0 Å². The summed E-state index contributed by atoms with van der Waals surface area (Å²) < 4.78 is 31.7. The molecule has 1 amide bonds. The molecule has 1 N–H and O–H groups in total. The quantitative estimate of drug-likeness (QED) is 0.254. The maximum Gasteiger partial charge on any atom is 0.457 e. The van der Waals surface area contributed by atoms with Crippen LogP contribution in [0.3, 0.4) is 0 Å². The van der Waals surface area contributed by atoms with Gasteiger partial charge >= 0.3 is 13.7 Å². The maximum absolute atomic E-state index is 14.4. The van der Waals surface area contributed by atoms with E-state index in [1.807, 2.05) is 36.4 Å². The van der Waals surface area contributed by atoms with Crippen molar-refractivity contribution in [2.45, 2.75) is 12.4 Å². The van der Waals surface area contributed by atoms with E-state index in [1.54, 1.807) is 84.9 Å². The molecule has 0 bridgehead atoms. The van der Waals surface area contributed by atoms with Crippen molar-refractivity contribution in [2.75, 3.05) is 0 Å². The van der Waals surface area contributed by atoms with Crippen LogP contribution in [0, 0.1) is 11.3 Å². The van der Waals surface area contributed by atoms with Crippen LogP contribution in [0.25, 0.3) is 0 Å². The van der Waals surface area contributed by atoms with Crippen LogP contribution in [0.15, 0.2) is 115 Å². The summed E-state index contributed by atoms with van der Waals surface area (Å²) in [6.45, 7) is 0.0240. The second-order valence-corrected chi connectivity index (χ2v) is 9.65. The molecule has 7 nitrogen and oxygen atoms in total. The van der Waals surface area contributed by atoms with Crippen molar-refractivity contribution in [1.29, 1.82) is 5.26 Å². The summed E-state index contributed by atoms with van der Waals surface area (Å²) in [6, 6.07) is 34.7. The SMILES string of the molecule is N#Cc1ccc(C(NC(=O)OCc2ccccc2)P(=O)(Oc2ccccc2)Oc2ccccc2)cc1. The van der Waals surface area contributed by atoms with Gasteiger partial charge in [-0.2, -0.15) is 5.26 Å². The molecular weight excluding hydrogens is 475 g/mol. The van der Waals surface area contributed by atoms with E-state index in [4.69, 9.17) is 13.8 Å². The third-order valence-electron chi connectivity index (χ3n) is 5.09. The largest absolute Gasteiger partial charge is 0.457 e. The number of hydrogen-bond acceptors (Lipinski definition) is 6. The number of amides is 1. The smallest absolute Gasteiger partial charge is 0.445 e. The molecule has 0 radical (unpaired) electrons. The van der Waals surface area contributed by atoms with Crippen LogP contribution in [0.5, 0.6) is 11.5 Å². The molecule has 0 aromatic heterocycles. The number of ether oxygens (including phenoxy) is 1. The number of hydrogen-bond donors (Lipinski definition) is 1. The number of rotatable bonds is 9. The molecular formula is C28H23N2O5P. The van der Waals surface area contributed by atoms with Gasteiger partial charge in [-0.15, -0.1) is 0 Å². The summed E-state index contributed by atoms with van der Waals surface area (Å²) in [4.78, 5) is 12.9. The van der Waals surface area contributed by atoms with Crippen LogP contribution in [0.1, 0.15) is 22.5 Å². The van der Waals surface area contributed by atoms with Gasteiger partial charge in [-0.25, -0.2) is 9.36 Å². The highest BCUT2D eigenvalue weighted by Gasteiger charge is 2.42. The molecule has 1 unspecified atom stereocenters. The average Bonchev–Trinajstić information content (AvgIpc) is 2.92. The summed E-state index contributed by atoms with van der Waals surface area (Å²) in [6.07, 6.45) is -0.804. The Morgan fingerprint density at radius 1 is 0.778 bits per heavy atom. The Bertz CT molecular complexity index is 1310. The van der Waals surface area contributed by atoms with Crippen LogP contribution < -0.4 is 14.4 Å². The van der Waals surface area contributed by atoms with Crippen molar-refractivity contribution in [3.8, 4) is 17.6 Å². The molecule has 4 aromatic carbocycles. The number of nitriles is 1. The molecule has 0 aliphatic carbocycles. The average molecular weight is 498 g/mol. The van der Waals surface area contributed by atoms with Crippen LogP contribution in [-0.4, -0.2) is 6.09 Å². The van der Waals surface area contributed by atoms with Gasteiger partial charge in [-0.1, -0.05) is 78.9 Å². The molecule has 0 aliphatic heterocycles. The highest BCUT2D eigenvalue weighted by atomic mass is 31.2. The number of carbonyl (C=O) groups excluding carboxylic acids is 1. The summed E-state index contributed by atoms with van der Waals surface area (Å²) in [7, 11) is -4.16. The van der Waals surface area contributed by atoms with Crippen LogP contribution >= 0.6 is 7.60 Å². The van der Waals surface area contributed by atoms with Crippen LogP contribution in [0.2, 0.25) is 0 Å². The van der Waals surface area contributed by atoms with Crippen LogP contribution in [0.4, 0.5) is 4.79 Å². The fourth-order valence-electron chi connectivity index (χ4n) is 3.34. The molecule has 0 heterocycles. The molecule has 0 spiro atoms. The van der Waals surface area contributed by atoms with Crippen molar-refractivity contribution in [3.63, 3.8) is 0 Å². The number of carbonyl (C=O) groups is 1. The van der Waals surface area contributed by atoms with E-state index in [0.717, 1.165) is 5.56 Å². The van der Waals surface area contributed by atoms with Gasteiger partial charge in [0.25, 0.3) is 0 Å². The van der Waals surface area contributed by atoms with E-state index in [0.29, 0.717) is 22.6 Å². The Labute approximate surface area is 209 Å². The van der Waals surface area contributed by atoms with Gasteiger partial charge in [0.05, 0.1) is 11.6 Å². The minimum Gasteiger partial charge on any atom is -0.445 e. The standard InChI is InChI=1S/C28H23N2O5P/c29-20-22-16-18-24(19-17-22)27(30-28(31)33-21-23-10-4-1-5-11-23)36(32,34-25-12-6-2-7-13-25)35-26-14-8-3-9-15-26/h1-19,27H,21H2,(H,30,31). The minimum absolute atomic E-state index is 0.0240. The molecule has 0 aliphatic rings. The molecule has 4 rings (SSSR count). The second-order valence-electron chi connectivity index (χ2n) is 7.69. The molecule has 4 aromatic rings. The van der Waals surface area contributed by atoms with Crippen molar-refractivity contribution in [1.82, 2.24) is 5.32 Å². The first-order chi connectivity index (χ1) is 17.6. The van der Waals surface area contributed by atoms with Crippen molar-refractivity contribution in [2.24, 2.45) is 0 Å². The number of nitrogens with one attached hydrogen (secondary N) is 1. The van der Waals surface area contributed by atoms with Gasteiger partial charge < -0.3 is 19.1 Å². The predicted molar refractivity (Wildman–Crippen MR) is 135 cm³/mol. The lowest BCUT2D eigenvalue weighted by molar-refractivity contribution is 0.137. The van der Waals surface area contributed by atoms with E-state index in [1.165, 1.54) is 0 Å². The first-order valence-corrected chi connectivity index (χ1v) is 12.7. The zero-order valence-corrected chi connectivity index (χ0v) is 20.1. The van der Waals surface area contributed by atoms with Gasteiger partial charge in [0.1, 0.15) is 18.1 Å². The lowest BCUT2D eigenvalue weighted by Crippen LogP contribution is -2.31. The lowest BCUT2D eigenvalue weighted by atomic mass is 10.1. The van der Waals surface area contributed by atoms with Crippen molar-refractivity contribution < 1.29 is 23.1 Å².